The lowest BCUT2D eigenvalue weighted by Crippen LogP contribution is -1.86. The Morgan fingerprint density at radius 1 is 0.545 bits per heavy atom. The highest BCUT2D eigenvalue weighted by atomic mass is 35.5. The van der Waals surface area contributed by atoms with Crippen molar-refractivity contribution in [2.24, 2.45) is 0 Å². The van der Waals surface area contributed by atoms with E-state index in [2.05, 4.69) is 6.92 Å². The van der Waals surface area contributed by atoms with Gasteiger partial charge in [-0.05, 0) is 18.0 Å². The third kappa shape index (κ3) is 20.0. The Hall–Kier alpha value is -0.0400. The van der Waals surface area contributed by atoms with Gasteiger partial charge in [0.15, 0.2) is 0 Å². The van der Waals surface area contributed by atoms with E-state index in [1.807, 2.05) is 0 Å². The van der Waals surface area contributed by atoms with Gasteiger partial charge in [-0.25, -0.2) is 0 Å². The summed E-state index contributed by atoms with van der Waals surface area (Å²) in [5.74, 6) is 0. The van der Waals surface area contributed by atoms with Crippen LogP contribution in [-0.4, -0.2) is 5.24 Å². The fourth-order valence-corrected chi connectivity index (χ4v) is 3.12. The van der Waals surface area contributed by atoms with Crippen LogP contribution < -0.4 is 0 Å². The molecule has 1 nitrogen and oxygen atoms in total. The van der Waals surface area contributed by atoms with Gasteiger partial charge in [0.25, 0.3) is 0 Å². The minimum Gasteiger partial charge on any atom is -0.281 e. The van der Waals surface area contributed by atoms with Gasteiger partial charge in [-0.3, -0.25) is 4.79 Å². The Morgan fingerprint density at radius 3 is 1.09 bits per heavy atom. The van der Waals surface area contributed by atoms with Gasteiger partial charge in [0.05, 0.1) is 0 Å². The van der Waals surface area contributed by atoms with Crippen LogP contribution in [0.5, 0.6) is 0 Å². The van der Waals surface area contributed by atoms with Crippen molar-refractivity contribution in [2.45, 2.75) is 122 Å². The first-order chi connectivity index (χ1) is 10.8. The molecular formula is C20H39ClO. The van der Waals surface area contributed by atoms with Crippen molar-refractivity contribution < 1.29 is 4.79 Å². The van der Waals surface area contributed by atoms with E-state index in [4.69, 9.17) is 11.6 Å². The summed E-state index contributed by atoms with van der Waals surface area (Å²) in [7, 11) is 0. The molecule has 0 aromatic heterocycles. The first-order valence-corrected chi connectivity index (χ1v) is 10.3. The van der Waals surface area contributed by atoms with E-state index >= 15 is 0 Å². The van der Waals surface area contributed by atoms with Gasteiger partial charge in [0, 0.05) is 6.42 Å². The summed E-state index contributed by atoms with van der Waals surface area (Å²) < 4.78 is 0. The number of halogens is 1. The first kappa shape index (κ1) is 22.0. The smallest absolute Gasteiger partial charge is 0.221 e. The third-order valence-electron chi connectivity index (χ3n) is 4.48. The highest BCUT2D eigenvalue weighted by Gasteiger charge is 1.97. The molecule has 0 spiro atoms. The lowest BCUT2D eigenvalue weighted by Gasteiger charge is -2.03. The van der Waals surface area contributed by atoms with Gasteiger partial charge < -0.3 is 0 Å². The molecule has 132 valence electrons. The molecule has 2 heteroatoms. The molecule has 0 saturated carbocycles. The SMILES string of the molecule is CCCCCCCCCCCCCCCCCCCC(=O)Cl. The molecule has 0 aliphatic rings. The van der Waals surface area contributed by atoms with Crippen LogP contribution in [0.25, 0.3) is 0 Å². The van der Waals surface area contributed by atoms with Crippen LogP contribution in [0.1, 0.15) is 122 Å². The Balaban J connectivity index is 2.95. The fraction of sp³-hybridized carbons (Fsp3) is 0.950. The van der Waals surface area contributed by atoms with E-state index in [0.29, 0.717) is 6.42 Å². The zero-order valence-electron chi connectivity index (χ0n) is 15.0. The van der Waals surface area contributed by atoms with Gasteiger partial charge >= 0.3 is 0 Å². The van der Waals surface area contributed by atoms with Crippen LogP contribution >= 0.6 is 11.6 Å². The minimum atomic E-state index is -0.180. The predicted molar refractivity (Wildman–Crippen MR) is 99.6 cm³/mol. The second-order valence-corrected chi connectivity index (χ2v) is 7.18. The predicted octanol–water partition coefficient (Wildman–Crippen LogP) is 7.79. The lowest BCUT2D eigenvalue weighted by atomic mass is 10.0. The lowest BCUT2D eigenvalue weighted by molar-refractivity contribution is -0.111. The molecule has 0 aliphatic carbocycles. The highest BCUT2D eigenvalue weighted by Crippen LogP contribution is 2.14. The van der Waals surface area contributed by atoms with E-state index in [1.165, 1.54) is 96.3 Å². The van der Waals surface area contributed by atoms with Crippen LogP contribution in [0.3, 0.4) is 0 Å². The molecule has 0 amide bonds. The van der Waals surface area contributed by atoms with Crippen molar-refractivity contribution in [1.82, 2.24) is 0 Å². The van der Waals surface area contributed by atoms with Crippen LogP contribution in [0, 0.1) is 0 Å². The maximum atomic E-state index is 10.6. The quantitative estimate of drug-likeness (QED) is 0.185. The number of carbonyl (C=O) groups is 1. The molecule has 0 N–H and O–H groups in total. The molecule has 0 radical (unpaired) electrons. The van der Waals surface area contributed by atoms with Crippen LogP contribution in [0.15, 0.2) is 0 Å². The molecule has 0 bridgehead atoms. The molecule has 0 aromatic rings. The Bertz CT molecular complexity index is 228. The zero-order valence-corrected chi connectivity index (χ0v) is 15.8. The number of hydrogen-bond donors (Lipinski definition) is 0. The summed E-state index contributed by atoms with van der Waals surface area (Å²) in [4.78, 5) is 10.6. The second-order valence-electron chi connectivity index (χ2n) is 6.76. The van der Waals surface area contributed by atoms with E-state index < -0.39 is 0 Å². The largest absolute Gasteiger partial charge is 0.281 e. The highest BCUT2D eigenvalue weighted by molar-refractivity contribution is 6.63. The molecule has 0 atom stereocenters. The van der Waals surface area contributed by atoms with E-state index in [9.17, 15) is 4.79 Å². The number of rotatable bonds is 18. The normalized spacial score (nSPS) is 11.0. The second kappa shape index (κ2) is 19.0. The number of hydrogen-bond acceptors (Lipinski definition) is 1. The van der Waals surface area contributed by atoms with Crippen LogP contribution in [0.2, 0.25) is 0 Å². The van der Waals surface area contributed by atoms with Gasteiger partial charge in [-0.1, -0.05) is 110 Å². The summed E-state index contributed by atoms with van der Waals surface area (Å²) in [6, 6.07) is 0. The average molecular weight is 331 g/mol. The molecule has 0 aromatic carbocycles. The fourth-order valence-electron chi connectivity index (χ4n) is 2.99. The van der Waals surface area contributed by atoms with E-state index in [-0.39, 0.29) is 5.24 Å². The third-order valence-corrected chi connectivity index (χ3v) is 4.67. The maximum absolute atomic E-state index is 10.6. The van der Waals surface area contributed by atoms with Crippen LogP contribution in [0.4, 0.5) is 0 Å². The Labute approximate surface area is 144 Å². The molecule has 0 heterocycles. The van der Waals surface area contributed by atoms with Crippen molar-refractivity contribution in [3.63, 3.8) is 0 Å². The Kier molecular flexibility index (Phi) is 19.0. The molecule has 22 heavy (non-hydrogen) atoms. The summed E-state index contributed by atoms with van der Waals surface area (Å²) in [6.07, 6.45) is 23.8. The van der Waals surface area contributed by atoms with Gasteiger partial charge in [-0.2, -0.15) is 0 Å². The zero-order chi connectivity index (χ0) is 16.3. The summed E-state index contributed by atoms with van der Waals surface area (Å²) in [6.45, 7) is 2.28. The molecule has 0 aliphatic heterocycles. The van der Waals surface area contributed by atoms with Crippen molar-refractivity contribution in [3.05, 3.63) is 0 Å². The topological polar surface area (TPSA) is 17.1 Å². The standard InChI is InChI=1S/C20H39ClO/c1-2-3-4-5-6-7-8-9-10-11-12-13-14-15-16-17-18-19-20(21)22/h2-19H2,1H3. The maximum Gasteiger partial charge on any atom is 0.221 e. The number of carbonyl (C=O) groups excluding carboxylic acids is 1. The molecule has 0 fully saturated rings. The van der Waals surface area contributed by atoms with E-state index in [0.717, 1.165) is 12.8 Å². The van der Waals surface area contributed by atoms with Crippen molar-refractivity contribution in [1.29, 1.82) is 0 Å². The summed E-state index contributed by atoms with van der Waals surface area (Å²) in [5.41, 5.74) is 0. The summed E-state index contributed by atoms with van der Waals surface area (Å²) >= 11 is 5.31. The molecule has 0 unspecified atom stereocenters. The van der Waals surface area contributed by atoms with Gasteiger partial charge in [0.2, 0.25) is 5.24 Å². The van der Waals surface area contributed by atoms with Gasteiger partial charge in [-0.15, -0.1) is 0 Å². The van der Waals surface area contributed by atoms with Gasteiger partial charge in [0.1, 0.15) is 0 Å². The van der Waals surface area contributed by atoms with Crippen molar-refractivity contribution in [3.8, 4) is 0 Å². The van der Waals surface area contributed by atoms with Crippen molar-refractivity contribution in [2.75, 3.05) is 0 Å². The first-order valence-electron chi connectivity index (χ1n) is 9.95. The van der Waals surface area contributed by atoms with E-state index in [1.54, 1.807) is 0 Å². The molecule has 0 saturated heterocycles. The minimum absolute atomic E-state index is 0.180. The number of unbranched alkanes of at least 4 members (excludes halogenated alkanes) is 16. The van der Waals surface area contributed by atoms with Crippen LogP contribution in [-0.2, 0) is 4.79 Å². The molecular weight excluding hydrogens is 292 g/mol. The monoisotopic (exact) mass is 330 g/mol. The Morgan fingerprint density at radius 2 is 0.818 bits per heavy atom. The average Bonchev–Trinajstić information content (AvgIpc) is 2.50. The molecule has 0 rings (SSSR count). The van der Waals surface area contributed by atoms with Crippen molar-refractivity contribution >= 4 is 16.8 Å². The summed E-state index contributed by atoms with van der Waals surface area (Å²) in [5, 5.41) is -0.180.